The number of benzene rings is 2. The van der Waals surface area contributed by atoms with Crippen molar-refractivity contribution in [2.75, 3.05) is 13.2 Å². The molecule has 2 heterocycles. The van der Waals surface area contributed by atoms with Gasteiger partial charge in [0.2, 0.25) is 5.91 Å². The fraction of sp³-hybridized carbons (Fsp3) is 0.360. The lowest BCUT2D eigenvalue weighted by Crippen LogP contribution is -2.31. The van der Waals surface area contributed by atoms with Gasteiger partial charge in [0, 0.05) is 23.0 Å². The van der Waals surface area contributed by atoms with Crippen LogP contribution in [0.2, 0.25) is 0 Å². The van der Waals surface area contributed by atoms with Gasteiger partial charge in [-0.1, -0.05) is 31.2 Å². The molecule has 0 unspecified atom stereocenters. The third-order valence-corrected chi connectivity index (χ3v) is 5.93. The number of carbonyl (C=O) groups excluding carboxylic acids is 2. The molecule has 0 fully saturated rings. The van der Waals surface area contributed by atoms with Crippen LogP contribution in [0.25, 0.3) is 10.9 Å². The van der Waals surface area contributed by atoms with Gasteiger partial charge in [-0.15, -0.1) is 0 Å². The number of halogens is 3. The van der Waals surface area contributed by atoms with E-state index in [0.717, 1.165) is 12.0 Å². The molecule has 1 amide bonds. The van der Waals surface area contributed by atoms with Crippen LogP contribution in [0.15, 0.2) is 42.5 Å². The van der Waals surface area contributed by atoms with E-state index in [2.05, 4.69) is 5.32 Å². The van der Waals surface area contributed by atoms with Gasteiger partial charge in [-0.2, -0.15) is 13.2 Å². The summed E-state index contributed by atoms with van der Waals surface area (Å²) in [5.41, 5.74) is 0.904. The van der Waals surface area contributed by atoms with Gasteiger partial charge in [0.25, 0.3) is 5.78 Å². The largest absolute Gasteiger partial charge is 0.490 e. The van der Waals surface area contributed by atoms with E-state index < -0.39 is 17.5 Å². The highest BCUT2D eigenvalue weighted by Gasteiger charge is 2.42. The smallest absolute Gasteiger partial charge is 0.454 e. The fourth-order valence-corrected chi connectivity index (χ4v) is 4.26. The van der Waals surface area contributed by atoms with Gasteiger partial charge in [0.05, 0.1) is 24.8 Å². The van der Waals surface area contributed by atoms with E-state index >= 15 is 0 Å². The van der Waals surface area contributed by atoms with Crippen LogP contribution in [-0.2, 0) is 11.3 Å². The third kappa shape index (κ3) is 4.60. The Kier molecular flexibility index (Phi) is 6.54. The molecule has 2 aromatic carbocycles. The lowest BCUT2D eigenvalue weighted by atomic mass is 10.0. The summed E-state index contributed by atoms with van der Waals surface area (Å²) >= 11 is 0. The molecule has 1 aliphatic heterocycles. The molecule has 1 aliphatic rings. The minimum Gasteiger partial charge on any atom is -0.490 e. The Morgan fingerprint density at radius 1 is 1.09 bits per heavy atom. The second-order valence-electron chi connectivity index (χ2n) is 8.18. The molecule has 0 spiro atoms. The standard InChI is InChI=1S/C25H25F3N2O4/c1-3-18(16-9-10-20-21(13-16)34-12-6-11-33-20)29-22(31)14-30-15(2)23(24(32)25(26,27)28)17-7-4-5-8-19(17)30/h4-5,7-10,13,18H,3,6,11-12,14H2,1-2H3,(H,29,31)/t18-/m0/s1. The van der Waals surface area contributed by atoms with Crippen molar-refractivity contribution in [3.63, 3.8) is 0 Å². The van der Waals surface area contributed by atoms with E-state index in [0.29, 0.717) is 36.7 Å². The summed E-state index contributed by atoms with van der Waals surface area (Å²) < 4.78 is 52.5. The SMILES string of the molecule is CC[C@H](NC(=O)Cn1c(C)c(C(=O)C(F)(F)F)c2ccccc21)c1ccc2c(c1)OCCCO2. The molecule has 0 aliphatic carbocycles. The molecule has 180 valence electrons. The van der Waals surface area contributed by atoms with Gasteiger partial charge in [-0.05, 0) is 37.1 Å². The van der Waals surface area contributed by atoms with Crippen molar-refractivity contribution in [3.8, 4) is 11.5 Å². The number of para-hydroxylation sites is 1. The van der Waals surface area contributed by atoms with Gasteiger partial charge in [0.1, 0.15) is 6.54 Å². The van der Waals surface area contributed by atoms with E-state index in [-0.39, 0.29) is 29.6 Å². The number of ether oxygens (including phenoxy) is 2. The van der Waals surface area contributed by atoms with Crippen LogP contribution in [0.5, 0.6) is 11.5 Å². The molecular formula is C25H25F3N2O4. The number of aromatic nitrogens is 1. The average Bonchev–Trinajstić information content (AvgIpc) is 2.94. The first-order valence-corrected chi connectivity index (χ1v) is 11.1. The summed E-state index contributed by atoms with van der Waals surface area (Å²) in [5, 5.41) is 3.12. The highest BCUT2D eigenvalue weighted by atomic mass is 19.4. The number of ketones is 1. The molecular weight excluding hydrogens is 449 g/mol. The van der Waals surface area contributed by atoms with Gasteiger partial charge in [-0.3, -0.25) is 9.59 Å². The van der Waals surface area contributed by atoms with Crippen LogP contribution < -0.4 is 14.8 Å². The number of carbonyl (C=O) groups is 2. The van der Waals surface area contributed by atoms with E-state index in [4.69, 9.17) is 9.47 Å². The molecule has 3 aromatic rings. The van der Waals surface area contributed by atoms with Crippen molar-refractivity contribution >= 4 is 22.6 Å². The number of amides is 1. The summed E-state index contributed by atoms with van der Waals surface area (Å²) in [6.07, 6.45) is -3.64. The molecule has 0 saturated carbocycles. The topological polar surface area (TPSA) is 69.6 Å². The van der Waals surface area contributed by atoms with Gasteiger partial charge >= 0.3 is 6.18 Å². The van der Waals surface area contributed by atoms with Crippen molar-refractivity contribution in [2.24, 2.45) is 0 Å². The lowest BCUT2D eigenvalue weighted by molar-refractivity contribution is -0.122. The number of hydrogen-bond acceptors (Lipinski definition) is 4. The number of rotatable bonds is 6. The normalized spacial score (nSPS) is 14.5. The van der Waals surface area contributed by atoms with Crippen LogP contribution in [0, 0.1) is 6.92 Å². The Bertz CT molecular complexity index is 1230. The van der Waals surface area contributed by atoms with Gasteiger partial charge in [-0.25, -0.2) is 0 Å². The average molecular weight is 474 g/mol. The van der Waals surface area contributed by atoms with Crippen LogP contribution in [0.3, 0.4) is 0 Å². The number of fused-ring (bicyclic) bond motifs is 2. The zero-order valence-corrected chi connectivity index (χ0v) is 18.9. The molecule has 6 nitrogen and oxygen atoms in total. The van der Waals surface area contributed by atoms with Gasteiger partial charge in [0.15, 0.2) is 11.5 Å². The Hall–Kier alpha value is -3.49. The Morgan fingerprint density at radius 2 is 1.79 bits per heavy atom. The molecule has 34 heavy (non-hydrogen) atoms. The van der Waals surface area contributed by atoms with Crippen LogP contribution in [0.1, 0.15) is 47.4 Å². The molecule has 1 N–H and O–H groups in total. The first-order chi connectivity index (χ1) is 16.2. The van der Waals surface area contributed by atoms with E-state index in [9.17, 15) is 22.8 Å². The highest BCUT2D eigenvalue weighted by molar-refractivity contribution is 6.12. The van der Waals surface area contributed by atoms with E-state index in [1.165, 1.54) is 17.6 Å². The molecule has 0 saturated heterocycles. The van der Waals surface area contributed by atoms with Gasteiger partial charge < -0.3 is 19.4 Å². The predicted molar refractivity (Wildman–Crippen MR) is 120 cm³/mol. The number of alkyl halides is 3. The quantitative estimate of drug-likeness (QED) is 0.504. The molecule has 1 atom stereocenters. The second kappa shape index (κ2) is 9.40. The maximum atomic E-state index is 13.2. The Morgan fingerprint density at radius 3 is 2.50 bits per heavy atom. The Labute approximate surface area is 194 Å². The zero-order valence-electron chi connectivity index (χ0n) is 18.9. The van der Waals surface area contributed by atoms with Crippen molar-refractivity contribution in [3.05, 3.63) is 59.3 Å². The van der Waals surface area contributed by atoms with E-state index in [1.807, 2.05) is 25.1 Å². The predicted octanol–water partition coefficient (Wildman–Crippen LogP) is 5.12. The minimum absolute atomic E-state index is 0.0994. The monoisotopic (exact) mass is 474 g/mol. The summed E-state index contributed by atoms with van der Waals surface area (Å²) in [6.45, 7) is 4.23. The highest BCUT2D eigenvalue weighted by Crippen LogP contribution is 2.34. The number of Topliss-reactive ketones (excluding diaryl/α,β-unsaturated/α-hetero) is 1. The molecule has 1 aromatic heterocycles. The van der Waals surface area contributed by atoms with Crippen molar-refractivity contribution in [1.29, 1.82) is 0 Å². The van der Waals surface area contributed by atoms with Crippen LogP contribution >= 0.6 is 0 Å². The number of nitrogens with zero attached hydrogens (tertiary/aromatic N) is 1. The number of nitrogens with one attached hydrogen (secondary N) is 1. The maximum Gasteiger partial charge on any atom is 0.454 e. The van der Waals surface area contributed by atoms with E-state index in [1.54, 1.807) is 18.2 Å². The van der Waals surface area contributed by atoms with Crippen LogP contribution in [0.4, 0.5) is 13.2 Å². The van der Waals surface area contributed by atoms with Crippen molar-refractivity contribution < 1.29 is 32.2 Å². The lowest BCUT2D eigenvalue weighted by Gasteiger charge is -2.20. The first-order valence-electron chi connectivity index (χ1n) is 11.1. The Balaban J connectivity index is 1.59. The summed E-state index contributed by atoms with van der Waals surface area (Å²) in [4.78, 5) is 25.1. The van der Waals surface area contributed by atoms with Crippen molar-refractivity contribution in [2.45, 2.75) is 45.5 Å². The third-order valence-electron chi connectivity index (χ3n) is 5.93. The molecule has 0 radical (unpaired) electrons. The second-order valence-corrected chi connectivity index (χ2v) is 8.18. The fourth-order valence-electron chi connectivity index (χ4n) is 4.26. The summed E-state index contributed by atoms with van der Waals surface area (Å²) in [5.74, 6) is -1.03. The summed E-state index contributed by atoms with van der Waals surface area (Å²) in [6, 6.07) is 11.5. The van der Waals surface area contributed by atoms with Crippen molar-refractivity contribution in [1.82, 2.24) is 9.88 Å². The first kappa shape index (κ1) is 23.7. The summed E-state index contributed by atoms with van der Waals surface area (Å²) in [7, 11) is 0. The minimum atomic E-state index is -5.01. The molecule has 4 rings (SSSR count). The molecule has 9 heteroatoms. The van der Waals surface area contributed by atoms with Crippen LogP contribution in [-0.4, -0.2) is 35.6 Å². The zero-order chi connectivity index (χ0) is 24.5. The number of hydrogen-bond donors (Lipinski definition) is 1. The molecule has 0 bridgehead atoms. The maximum absolute atomic E-state index is 13.2.